The molecule has 4 aromatic rings. The molecule has 3 aromatic heterocycles. The lowest BCUT2D eigenvalue weighted by atomic mass is 9.99. The van der Waals surface area contributed by atoms with Gasteiger partial charge < -0.3 is 19.5 Å². The fourth-order valence-corrected chi connectivity index (χ4v) is 5.72. The van der Waals surface area contributed by atoms with Gasteiger partial charge in [0.1, 0.15) is 11.4 Å². The quantitative estimate of drug-likeness (QED) is 0.378. The maximum Gasteiger partial charge on any atom is 0.416 e. The summed E-state index contributed by atoms with van der Waals surface area (Å²) in [5, 5.41) is 2.15. The van der Waals surface area contributed by atoms with Crippen LogP contribution in [0.2, 0.25) is 0 Å². The Balaban J connectivity index is 1.01. The van der Waals surface area contributed by atoms with E-state index in [1.165, 1.54) is 12.1 Å². The number of amides is 1. The number of likely N-dealkylation sites (tertiary alicyclic amines) is 1. The smallest absolute Gasteiger partial charge is 0.416 e. The molecule has 8 nitrogen and oxygen atoms in total. The highest BCUT2D eigenvalue weighted by Crippen LogP contribution is 2.32. The lowest BCUT2D eigenvalue weighted by molar-refractivity contribution is -0.137. The Bertz CT molecular complexity index is 1480. The first kappa shape index (κ1) is 26.4. The lowest BCUT2D eigenvalue weighted by Crippen LogP contribution is -2.51. The molecule has 2 fully saturated rings. The van der Waals surface area contributed by atoms with Gasteiger partial charge in [-0.1, -0.05) is 0 Å². The SMILES string of the molecule is O=C(CN1CCN(c2ccnc3cnc4[nH]ccc4c23)CC1)N1CCCC(COc2ccc(C(F)(F)F)cc2)C1. The summed E-state index contributed by atoms with van der Waals surface area (Å²) in [5.74, 6) is 0.670. The fraction of sp³-hybridized carbons (Fsp3) is 0.414. The van der Waals surface area contributed by atoms with Gasteiger partial charge in [0.05, 0.1) is 30.4 Å². The number of halogens is 3. The molecule has 0 saturated carbocycles. The van der Waals surface area contributed by atoms with E-state index in [1.807, 2.05) is 23.4 Å². The zero-order valence-electron chi connectivity index (χ0n) is 22.0. The van der Waals surface area contributed by atoms with Crippen molar-refractivity contribution in [2.45, 2.75) is 19.0 Å². The van der Waals surface area contributed by atoms with Gasteiger partial charge in [-0.25, -0.2) is 4.98 Å². The van der Waals surface area contributed by atoms with E-state index >= 15 is 0 Å². The summed E-state index contributed by atoms with van der Waals surface area (Å²) in [6.45, 7) is 5.26. The minimum atomic E-state index is -4.37. The van der Waals surface area contributed by atoms with Gasteiger partial charge in [-0.3, -0.25) is 14.7 Å². The predicted molar refractivity (Wildman–Crippen MR) is 146 cm³/mol. The third-order valence-electron chi connectivity index (χ3n) is 7.88. The number of carbonyl (C=O) groups is 1. The molecule has 0 aliphatic carbocycles. The number of alkyl halides is 3. The number of rotatable bonds is 6. The van der Waals surface area contributed by atoms with Crippen LogP contribution in [0.1, 0.15) is 18.4 Å². The number of fused-ring (bicyclic) bond motifs is 3. The van der Waals surface area contributed by atoms with Crippen molar-refractivity contribution in [1.29, 1.82) is 0 Å². The van der Waals surface area contributed by atoms with Gasteiger partial charge in [-0.15, -0.1) is 0 Å². The largest absolute Gasteiger partial charge is 0.493 e. The maximum absolute atomic E-state index is 13.2. The van der Waals surface area contributed by atoms with E-state index in [0.29, 0.717) is 25.4 Å². The third-order valence-corrected chi connectivity index (χ3v) is 7.88. The van der Waals surface area contributed by atoms with Gasteiger partial charge >= 0.3 is 6.18 Å². The number of nitrogens with one attached hydrogen (secondary N) is 1. The summed E-state index contributed by atoms with van der Waals surface area (Å²) in [6, 6.07) is 8.84. The van der Waals surface area contributed by atoms with E-state index in [2.05, 4.69) is 30.8 Å². The number of anilines is 1. The van der Waals surface area contributed by atoms with Crippen molar-refractivity contribution in [2.24, 2.45) is 5.92 Å². The van der Waals surface area contributed by atoms with Gasteiger partial charge in [0, 0.05) is 74.0 Å². The van der Waals surface area contributed by atoms with Crippen LogP contribution >= 0.6 is 0 Å². The molecule has 1 unspecified atom stereocenters. The van der Waals surface area contributed by atoms with Crippen molar-refractivity contribution < 1.29 is 22.7 Å². The first-order chi connectivity index (χ1) is 19.3. The Morgan fingerprint density at radius 3 is 2.60 bits per heavy atom. The third kappa shape index (κ3) is 5.56. The zero-order valence-corrected chi connectivity index (χ0v) is 22.0. The van der Waals surface area contributed by atoms with E-state index in [0.717, 1.165) is 85.3 Å². The number of aromatic nitrogens is 3. The normalized spacial score (nSPS) is 18.9. The maximum atomic E-state index is 13.2. The Hall–Kier alpha value is -3.86. The predicted octanol–water partition coefficient (Wildman–Crippen LogP) is 4.57. The average molecular weight is 553 g/mol. The van der Waals surface area contributed by atoms with Crippen molar-refractivity contribution in [3.8, 4) is 5.75 Å². The number of piperidine rings is 1. The van der Waals surface area contributed by atoms with E-state index in [-0.39, 0.29) is 11.8 Å². The summed E-state index contributed by atoms with van der Waals surface area (Å²) in [6.07, 6.45) is 2.96. The Morgan fingerprint density at radius 1 is 1.02 bits per heavy atom. The van der Waals surface area contributed by atoms with Crippen molar-refractivity contribution >= 4 is 33.5 Å². The average Bonchev–Trinajstić information content (AvgIpc) is 3.46. The molecule has 2 aliphatic rings. The fourth-order valence-electron chi connectivity index (χ4n) is 5.72. The Morgan fingerprint density at radius 2 is 1.82 bits per heavy atom. The highest BCUT2D eigenvalue weighted by Gasteiger charge is 2.30. The molecule has 1 aromatic carbocycles. The van der Waals surface area contributed by atoms with Crippen LogP contribution in [0.5, 0.6) is 5.75 Å². The molecule has 1 N–H and O–H groups in total. The van der Waals surface area contributed by atoms with Crippen molar-refractivity contribution in [3.63, 3.8) is 0 Å². The Labute approximate surface area is 229 Å². The molecule has 210 valence electrons. The van der Waals surface area contributed by atoms with Gasteiger partial charge in [-0.05, 0) is 49.2 Å². The van der Waals surface area contributed by atoms with Crippen LogP contribution < -0.4 is 9.64 Å². The molecule has 6 rings (SSSR count). The molecule has 0 radical (unpaired) electrons. The summed E-state index contributed by atoms with van der Waals surface area (Å²) in [4.78, 5) is 31.8. The van der Waals surface area contributed by atoms with Gasteiger partial charge in [0.25, 0.3) is 0 Å². The van der Waals surface area contributed by atoms with Gasteiger partial charge in [-0.2, -0.15) is 13.2 Å². The minimum absolute atomic E-state index is 0.113. The van der Waals surface area contributed by atoms with E-state index < -0.39 is 11.7 Å². The number of aromatic amines is 1. The molecular formula is C29H31F3N6O2. The lowest BCUT2D eigenvalue weighted by Gasteiger charge is -2.38. The molecule has 2 saturated heterocycles. The summed E-state index contributed by atoms with van der Waals surface area (Å²) < 4.78 is 44.1. The number of pyridine rings is 2. The highest BCUT2D eigenvalue weighted by atomic mass is 19.4. The molecule has 0 spiro atoms. The summed E-state index contributed by atoms with van der Waals surface area (Å²) in [7, 11) is 0. The van der Waals surface area contributed by atoms with E-state index in [9.17, 15) is 18.0 Å². The highest BCUT2D eigenvalue weighted by molar-refractivity contribution is 6.10. The van der Waals surface area contributed by atoms with Crippen LogP contribution in [-0.2, 0) is 11.0 Å². The Kier molecular flexibility index (Phi) is 7.22. The monoisotopic (exact) mass is 552 g/mol. The van der Waals surface area contributed by atoms with Gasteiger partial charge in [0.15, 0.2) is 0 Å². The van der Waals surface area contributed by atoms with Crippen LogP contribution in [0.25, 0.3) is 21.9 Å². The number of piperazine rings is 1. The number of carbonyl (C=O) groups excluding carboxylic acids is 1. The van der Waals surface area contributed by atoms with Crippen molar-refractivity contribution in [3.05, 3.63) is 60.6 Å². The first-order valence-corrected chi connectivity index (χ1v) is 13.6. The molecule has 40 heavy (non-hydrogen) atoms. The molecular weight excluding hydrogens is 521 g/mol. The second-order valence-electron chi connectivity index (χ2n) is 10.5. The molecule has 1 atom stereocenters. The number of hydrogen-bond donors (Lipinski definition) is 1. The summed E-state index contributed by atoms with van der Waals surface area (Å²) in [5.41, 5.74) is 2.15. The number of nitrogens with zero attached hydrogens (tertiary/aromatic N) is 5. The molecule has 5 heterocycles. The second-order valence-corrected chi connectivity index (χ2v) is 10.5. The number of benzene rings is 1. The summed E-state index contributed by atoms with van der Waals surface area (Å²) >= 11 is 0. The number of ether oxygens (including phenoxy) is 1. The topological polar surface area (TPSA) is 77.6 Å². The van der Waals surface area contributed by atoms with E-state index in [1.54, 1.807) is 6.20 Å². The molecule has 0 bridgehead atoms. The van der Waals surface area contributed by atoms with Crippen LogP contribution in [-0.4, -0.2) is 83.1 Å². The molecule has 2 aliphatic heterocycles. The van der Waals surface area contributed by atoms with Crippen LogP contribution in [0.4, 0.5) is 18.9 Å². The first-order valence-electron chi connectivity index (χ1n) is 13.6. The zero-order chi connectivity index (χ0) is 27.7. The second kappa shape index (κ2) is 11.0. The minimum Gasteiger partial charge on any atom is -0.493 e. The number of H-pyrrole nitrogens is 1. The van der Waals surface area contributed by atoms with Gasteiger partial charge in [0.2, 0.25) is 5.91 Å². The standard InChI is InChI=1S/C29H31F3N6O2/c30-29(31,32)21-3-5-22(6-4-21)40-19-20-2-1-11-38(17-20)26(39)18-36-12-14-37(15-13-36)25-8-10-33-24-16-35-28-23(27(24)25)7-9-34-28/h3-10,16,20H,1-2,11-15,17-19H2,(H,34,35). The van der Waals surface area contributed by atoms with Crippen LogP contribution in [0.15, 0.2) is 55.0 Å². The molecule has 1 amide bonds. The molecule has 11 heteroatoms. The van der Waals surface area contributed by atoms with Crippen molar-refractivity contribution in [2.75, 3.05) is 57.3 Å². The van der Waals surface area contributed by atoms with Crippen LogP contribution in [0, 0.1) is 5.92 Å². The number of hydrogen-bond acceptors (Lipinski definition) is 6. The van der Waals surface area contributed by atoms with Crippen molar-refractivity contribution in [1.82, 2.24) is 24.8 Å². The van der Waals surface area contributed by atoms with Crippen LogP contribution in [0.3, 0.4) is 0 Å². The van der Waals surface area contributed by atoms with E-state index in [4.69, 9.17) is 4.74 Å².